The van der Waals surface area contributed by atoms with Crippen LogP contribution in [-0.2, 0) is 6.54 Å². The Balaban J connectivity index is 2.03. The molecule has 2 rings (SSSR count). The smallest absolute Gasteiger partial charge is 0.317 e. The molecule has 2 aromatic rings. The minimum absolute atomic E-state index is 0.0890. The summed E-state index contributed by atoms with van der Waals surface area (Å²) in [5, 5.41) is 3.10. The van der Waals surface area contributed by atoms with E-state index in [0.717, 1.165) is 11.3 Å². The molecule has 1 aromatic heterocycles. The van der Waals surface area contributed by atoms with E-state index in [1.165, 1.54) is 4.90 Å². The predicted octanol–water partition coefficient (Wildman–Crippen LogP) is 4.34. The molecule has 1 heterocycles. The first-order chi connectivity index (χ1) is 11.5. The lowest BCUT2D eigenvalue weighted by molar-refractivity contribution is 0.198. The van der Waals surface area contributed by atoms with Gasteiger partial charge in [0.25, 0.3) is 0 Å². The van der Waals surface area contributed by atoms with Crippen LogP contribution < -0.4 is 5.32 Å². The molecule has 0 bridgehead atoms. The first kappa shape index (κ1) is 18.3. The zero-order valence-corrected chi connectivity index (χ0v) is 15.5. The molecule has 2 amide bonds. The van der Waals surface area contributed by atoms with Crippen LogP contribution in [0.2, 0.25) is 0 Å². The molecule has 128 valence electrons. The van der Waals surface area contributed by atoms with Crippen molar-refractivity contribution < 1.29 is 4.79 Å². The third-order valence-electron chi connectivity index (χ3n) is 3.85. The van der Waals surface area contributed by atoms with Crippen LogP contribution >= 0.6 is 11.8 Å². The Bertz CT molecular complexity index is 661. The Kier molecular flexibility index (Phi) is 6.67. The second-order valence-electron chi connectivity index (χ2n) is 6.13. The number of carbonyl (C=O) groups is 1. The molecule has 1 N–H and O–H groups in total. The summed E-state index contributed by atoms with van der Waals surface area (Å²) < 4.78 is 0. The summed E-state index contributed by atoms with van der Waals surface area (Å²) in [7, 11) is 1.82. The quantitative estimate of drug-likeness (QED) is 0.794. The summed E-state index contributed by atoms with van der Waals surface area (Å²) in [6.07, 6.45) is 3.81. The average molecular weight is 343 g/mol. The Morgan fingerprint density at radius 3 is 2.67 bits per heavy atom. The molecule has 0 saturated carbocycles. The van der Waals surface area contributed by atoms with E-state index in [-0.39, 0.29) is 18.0 Å². The molecule has 0 unspecified atom stereocenters. The number of hydrogen-bond donors (Lipinski definition) is 1. The first-order valence-electron chi connectivity index (χ1n) is 8.06. The molecule has 0 aliphatic carbocycles. The summed E-state index contributed by atoms with van der Waals surface area (Å²) in [4.78, 5) is 19.9. The van der Waals surface area contributed by atoms with Crippen molar-refractivity contribution in [1.29, 1.82) is 0 Å². The minimum atomic E-state index is -0.0984. The van der Waals surface area contributed by atoms with Gasteiger partial charge in [-0.1, -0.05) is 32.0 Å². The van der Waals surface area contributed by atoms with Gasteiger partial charge in [0, 0.05) is 24.7 Å². The number of urea groups is 1. The average Bonchev–Trinajstić information content (AvgIpc) is 2.60. The highest BCUT2D eigenvalue weighted by atomic mass is 32.2. The van der Waals surface area contributed by atoms with Gasteiger partial charge in [0.1, 0.15) is 0 Å². The van der Waals surface area contributed by atoms with Gasteiger partial charge < -0.3 is 10.2 Å². The van der Waals surface area contributed by atoms with Crippen molar-refractivity contribution in [3.63, 3.8) is 0 Å². The number of amides is 2. The summed E-state index contributed by atoms with van der Waals surface area (Å²) in [6.45, 7) is 4.75. The van der Waals surface area contributed by atoms with Gasteiger partial charge in [0.05, 0.1) is 11.7 Å². The number of hydrogen-bond acceptors (Lipinski definition) is 3. The van der Waals surface area contributed by atoms with Crippen molar-refractivity contribution in [3.05, 3.63) is 59.9 Å². The molecule has 0 saturated heterocycles. The minimum Gasteiger partial charge on any atom is -0.329 e. The van der Waals surface area contributed by atoms with Gasteiger partial charge in [0.15, 0.2) is 0 Å². The van der Waals surface area contributed by atoms with Gasteiger partial charge in [-0.05, 0) is 42.0 Å². The van der Waals surface area contributed by atoms with Gasteiger partial charge >= 0.3 is 6.03 Å². The Hall–Kier alpha value is -2.01. The maximum absolute atomic E-state index is 12.6. The van der Waals surface area contributed by atoms with Crippen molar-refractivity contribution in [1.82, 2.24) is 15.2 Å². The third kappa shape index (κ3) is 4.99. The molecule has 0 radical (unpaired) electrons. The zero-order chi connectivity index (χ0) is 17.5. The Morgan fingerprint density at radius 2 is 2.04 bits per heavy atom. The van der Waals surface area contributed by atoms with E-state index in [4.69, 9.17) is 0 Å². The van der Waals surface area contributed by atoms with Crippen LogP contribution in [-0.4, -0.2) is 29.2 Å². The van der Waals surface area contributed by atoms with E-state index in [9.17, 15) is 4.79 Å². The maximum Gasteiger partial charge on any atom is 0.317 e. The summed E-state index contributed by atoms with van der Waals surface area (Å²) in [5.74, 6) is 0.261. The number of aromatic nitrogens is 1. The standard InChI is InChI=1S/C19H25N3OS/c1-14(2)18(17-10-5-6-11-20-17)21-19(23)22(3)13-15-8-7-9-16(12-15)24-4/h5-12,14,18H,13H2,1-4H3,(H,21,23)/t18-/m1/s1. The second kappa shape index (κ2) is 8.73. The van der Waals surface area contributed by atoms with Gasteiger partial charge in [0.2, 0.25) is 0 Å². The highest BCUT2D eigenvalue weighted by Gasteiger charge is 2.21. The number of rotatable bonds is 6. The molecule has 0 aliphatic heterocycles. The van der Waals surface area contributed by atoms with Crippen LogP contribution in [0.25, 0.3) is 0 Å². The van der Waals surface area contributed by atoms with Crippen LogP contribution in [0.1, 0.15) is 31.1 Å². The number of carbonyl (C=O) groups excluding carboxylic acids is 1. The molecule has 1 atom stereocenters. The largest absolute Gasteiger partial charge is 0.329 e. The van der Waals surface area contributed by atoms with E-state index in [2.05, 4.69) is 42.5 Å². The highest BCUT2D eigenvalue weighted by Crippen LogP contribution is 2.20. The summed E-state index contributed by atoms with van der Waals surface area (Å²) in [5.41, 5.74) is 2.01. The lowest BCUT2D eigenvalue weighted by Crippen LogP contribution is -2.40. The van der Waals surface area contributed by atoms with Gasteiger partial charge in [-0.3, -0.25) is 4.98 Å². The van der Waals surface area contributed by atoms with E-state index in [1.54, 1.807) is 22.9 Å². The van der Waals surface area contributed by atoms with Crippen molar-refractivity contribution in [2.75, 3.05) is 13.3 Å². The van der Waals surface area contributed by atoms with Gasteiger partial charge in [-0.15, -0.1) is 11.8 Å². The molecule has 0 spiro atoms. The van der Waals surface area contributed by atoms with Crippen LogP contribution in [0, 0.1) is 5.92 Å². The topological polar surface area (TPSA) is 45.2 Å². The fraction of sp³-hybridized carbons (Fsp3) is 0.368. The molecule has 24 heavy (non-hydrogen) atoms. The van der Waals surface area contributed by atoms with E-state index < -0.39 is 0 Å². The molecular formula is C19H25N3OS. The van der Waals surface area contributed by atoms with Crippen LogP contribution in [0.5, 0.6) is 0 Å². The fourth-order valence-electron chi connectivity index (χ4n) is 2.50. The molecule has 4 nitrogen and oxygen atoms in total. The number of benzene rings is 1. The fourth-order valence-corrected chi connectivity index (χ4v) is 2.99. The van der Waals surface area contributed by atoms with Crippen molar-refractivity contribution in [2.24, 2.45) is 5.92 Å². The van der Waals surface area contributed by atoms with Crippen molar-refractivity contribution in [3.8, 4) is 0 Å². The Morgan fingerprint density at radius 1 is 1.25 bits per heavy atom. The molecule has 0 aliphatic rings. The van der Waals surface area contributed by atoms with Gasteiger partial charge in [-0.2, -0.15) is 0 Å². The van der Waals surface area contributed by atoms with Crippen LogP contribution in [0.3, 0.4) is 0 Å². The molecule has 5 heteroatoms. The highest BCUT2D eigenvalue weighted by molar-refractivity contribution is 7.98. The molecule has 0 fully saturated rings. The van der Waals surface area contributed by atoms with E-state index in [0.29, 0.717) is 6.54 Å². The number of nitrogens with zero attached hydrogens (tertiary/aromatic N) is 2. The third-order valence-corrected chi connectivity index (χ3v) is 4.58. The van der Waals surface area contributed by atoms with E-state index >= 15 is 0 Å². The maximum atomic E-state index is 12.6. The lowest BCUT2D eigenvalue weighted by Gasteiger charge is -2.26. The van der Waals surface area contributed by atoms with Crippen LogP contribution in [0.4, 0.5) is 4.79 Å². The lowest BCUT2D eigenvalue weighted by atomic mass is 10.0. The second-order valence-corrected chi connectivity index (χ2v) is 7.01. The van der Waals surface area contributed by atoms with Crippen LogP contribution in [0.15, 0.2) is 53.6 Å². The predicted molar refractivity (Wildman–Crippen MR) is 100 cm³/mol. The number of thioether (sulfide) groups is 1. The van der Waals surface area contributed by atoms with Crippen molar-refractivity contribution in [2.45, 2.75) is 31.3 Å². The molecular weight excluding hydrogens is 318 g/mol. The summed E-state index contributed by atoms with van der Waals surface area (Å²) >= 11 is 1.70. The number of nitrogens with one attached hydrogen (secondary N) is 1. The van der Waals surface area contributed by atoms with Gasteiger partial charge in [-0.25, -0.2) is 4.79 Å². The first-order valence-corrected chi connectivity index (χ1v) is 9.29. The van der Waals surface area contributed by atoms with E-state index in [1.807, 2.05) is 37.4 Å². The molecule has 1 aromatic carbocycles. The zero-order valence-electron chi connectivity index (χ0n) is 14.7. The summed E-state index contributed by atoms with van der Waals surface area (Å²) in [6, 6.07) is 13.9. The monoisotopic (exact) mass is 343 g/mol. The van der Waals surface area contributed by atoms with Crippen molar-refractivity contribution >= 4 is 17.8 Å². The Labute approximate surface area is 148 Å². The SMILES string of the molecule is CSc1cccc(CN(C)C(=O)N[C@@H](c2ccccn2)C(C)C)c1. The normalized spacial score (nSPS) is 12.0. The number of pyridine rings is 1.